The number of para-hydroxylation sites is 2. The number of nitrogens with one attached hydrogen (secondary N) is 1. The Morgan fingerprint density at radius 3 is 2.58 bits per heavy atom. The van der Waals surface area contributed by atoms with Crippen molar-refractivity contribution in [2.75, 3.05) is 11.1 Å². The summed E-state index contributed by atoms with van der Waals surface area (Å²) in [6, 6.07) is 8.71. The van der Waals surface area contributed by atoms with E-state index in [4.69, 9.17) is 10.2 Å². The lowest BCUT2D eigenvalue weighted by atomic mass is 10.1. The highest BCUT2D eigenvalue weighted by atomic mass is 16.4. The molecule has 1 heterocycles. The van der Waals surface area contributed by atoms with E-state index < -0.39 is 5.63 Å². The first-order chi connectivity index (χ1) is 8.99. The molecule has 19 heavy (non-hydrogen) atoms. The average Bonchev–Trinajstić information content (AvgIpc) is 2.30. The van der Waals surface area contributed by atoms with Gasteiger partial charge < -0.3 is 15.5 Å². The Hall–Kier alpha value is -2.56. The first kappa shape index (κ1) is 12.9. The summed E-state index contributed by atoms with van der Waals surface area (Å²) >= 11 is 0. The van der Waals surface area contributed by atoms with Crippen molar-refractivity contribution in [2.45, 2.75) is 13.8 Å². The molecular formula is C14H14N2O3. The van der Waals surface area contributed by atoms with E-state index in [0.717, 1.165) is 0 Å². The lowest BCUT2D eigenvalue weighted by molar-refractivity contribution is 0.101. The Kier molecular flexibility index (Phi) is 3.37. The predicted octanol–water partition coefficient (Wildman–Crippen LogP) is 2.48. The number of benzene rings is 1. The van der Waals surface area contributed by atoms with Gasteiger partial charge in [-0.3, -0.25) is 4.79 Å². The minimum Gasteiger partial charge on any atom is -0.428 e. The van der Waals surface area contributed by atoms with Crippen LogP contribution in [0, 0.1) is 6.92 Å². The second-order valence-electron chi connectivity index (χ2n) is 4.20. The zero-order valence-corrected chi connectivity index (χ0v) is 10.7. The average molecular weight is 258 g/mol. The Morgan fingerprint density at radius 1 is 1.26 bits per heavy atom. The fraction of sp³-hybridized carbons (Fsp3) is 0.143. The molecule has 0 atom stereocenters. The fourth-order valence-electron chi connectivity index (χ4n) is 1.80. The second kappa shape index (κ2) is 4.97. The number of nitrogen functional groups attached to an aromatic ring is 1. The first-order valence-electron chi connectivity index (χ1n) is 5.76. The summed E-state index contributed by atoms with van der Waals surface area (Å²) in [5.74, 6) is 0.0674. The van der Waals surface area contributed by atoms with E-state index in [2.05, 4.69) is 5.32 Å². The van der Waals surface area contributed by atoms with Gasteiger partial charge in [0, 0.05) is 6.07 Å². The SMILES string of the molecule is CC(=O)c1c(Nc2ccccc2N)cc(C)oc1=O. The Morgan fingerprint density at radius 2 is 1.95 bits per heavy atom. The molecule has 0 amide bonds. The molecule has 0 spiro atoms. The van der Waals surface area contributed by atoms with Gasteiger partial charge in [-0.05, 0) is 26.0 Å². The van der Waals surface area contributed by atoms with E-state index in [-0.39, 0.29) is 11.3 Å². The van der Waals surface area contributed by atoms with Crippen molar-refractivity contribution in [1.29, 1.82) is 0 Å². The molecule has 0 radical (unpaired) electrons. The summed E-state index contributed by atoms with van der Waals surface area (Å²) < 4.78 is 4.93. The summed E-state index contributed by atoms with van der Waals surface area (Å²) in [5, 5.41) is 3.00. The minimum absolute atomic E-state index is 0.00569. The molecule has 0 bridgehead atoms. The molecule has 2 aromatic rings. The lowest BCUT2D eigenvalue weighted by Gasteiger charge is -2.11. The highest BCUT2D eigenvalue weighted by Gasteiger charge is 2.15. The van der Waals surface area contributed by atoms with Crippen LogP contribution in [0.1, 0.15) is 23.0 Å². The fourth-order valence-corrected chi connectivity index (χ4v) is 1.80. The van der Waals surface area contributed by atoms with E-state index in [1.54, 1.807) is 31.2 Å². The van der Waals surface area contributed by atoms with Gasteiger partial charge in [0.2, 0.25) is 0 Å². The van der Waals surface area contributed by atoms with Gasteiger partial charge in [-0.2, -0.15) is 0 Å². The van der Waals surface area contributed by atoms with Crippen molar-refractivity contribution in [2.24, 2.45) is 0 Å². The number of anilines is 3. The number of ketones is 1. The van der Waals surface area contributed by atoms with Gasteiger partial charge in [-0.25, -0.2) is 4.79 Å². The number of hydrogen-bond acceptors (Lipinski definition) is 5. The maximum atomic E-state index is 11.7. The lowest BCUT2D eigenvalue weighted by Crippen LogP contribution is -2.15. The molecular weight excluding hydrogens is 244 g/mol. The third kappa shape index (κ3) is 2.65. The van der Waals surface area contributed by atoms with Crippen LogP contribution in [0.4, 0.5) is 17.1 Å². The molecule has 0 unspecified atom stereocenters. The van der Waals surface area contributed by atoms with E-state index in [0.29, 0.717) is 22.8 Å². The number of carbonyl (C=O) groups excluding carboxylic acids is 1. The van der Waals surface area contributed by atoms with Gasteiger partial charge in [-0.15, -0.1) is 0 Å². The summed E-state index contributed by atoms with van der Waals surface area (Å²) in [6.07, 6.45) is 0. The van der Waals surface area contributed by atoms with E-state index in [1.165, 1.54) is 6.92 Å². The second-order valence-corrected chi connectivity index (χ2v) is 4.20. The molecule has 5 heteroatoms. The van der Waals surface area contributed by atoms with Crippen LogP contribution in [-0.2, 0) is 0 Å². The number of nitrogens with two attached hydrogens (primary N) is 1. The van der Waals surface area contributed by atoms with Crippen LogP contribution in [0.3, 0.4) is 0 Å². The van der Waals surface area contributed by atoms with Crippen molar-refractivity contribution < 1.29 is 9.21 Å². The van der Waals surface area contributed by atoms with Crippen LogP contribution in [-0.4, -0.2) is 5.78 Å². The summed E-state index contributed by atoms with van der Waals surface area (Å²) in [6.45, 7) is 2.96. The predicted molar refractivity (Wildman–Crippen MR) is 73.9 cm³/mol. The van der Waals surface area contributed by atoms with Crippen LogP contribution < -0.4 is 16.7 Å². The standard InChI is InChI=1S/C14H14N2O3/c1-8-7-12(13(9(2)17)14(18)19-8)16-11-6-4-3-5-10(11)15/h3-7,16H,15H2,1-2H3. The molecule has 1 aromatic carbocycles. The number of rotatable bonds is 3. The largest absolute Gasteiger partial charge is 0.428 e. The Balaban J connectivity index is 2.54. The van der Waals surface area contributed by atoms with Crippen LogP contribution in [0.15, 0.2) is 39.5 Å². The number of hydrogen-bond donors (Lipinski definition) is 2. The monoisotopic (exact) mass is 258 g/mol. The van der Waals surface area contributed by atoms with E-state index in [9.17, 15) is 9.59 Å². The van der Waals surface area contributed by atoms with Gasteiger partial charge in [0.05, 0.1) is 17.1 Å². The van der Waals surface area contributed by atoms with Gasteiger partial charge in [-0.1, -0.05) is 12.1 Å². The molecule has 1 aromatic heterocycles. The highest BCUT2D eigenvalue weighted by molar-refractivity contribution is 6.00. The molecule has 0 fully saturated rings. The molecule has 0 saturated carbocycles. The molecule has 0 saturated heterocycles. The van der Waals surface area contributed by atoms with Crippen LogP contribution in [0.25, 0.3) is 0 Å². The normalized spacial score (nSPS) is 10.2. The van der Waals surface area contributed by atoms with Crippen LogP contribution >= 0.6 is 0 Å². The maximum Gasteiger partial charge on any atom is 0.348 e. The molecule has 2 rings (SSSR count). The number of carbonyl (C=O) groups is 1. The van der Waals surface area contributed by atoms with Crippen molar-refractivity contribution in [3.63, 3.8) is 0 Å². The smallest absolute Gasteiger partial charge is 0.348 e. The van der Waals surface area contributed by atoms with Crippen molar-refractivity contribution in [3.05, 3.63) is 52.1 Å². The molecule has 0 aliphatic heterocycles. The molecule has 0 aliphatic rings. The zero-order valence-electron chi connectivity index (χ0n) is 10.7. The maximum absolute atomic E-state index is 11.7. The van der Waals surface area contributed by atoms with Crippen LogP contribution in [0.5, 0.6) is 0 Å². The van der Waals surface area contributed by atoms with Crippen molar-refractivity contribution >= 4 is 22.8 Å². The topological polar surface area (TPSA) is 85.3 Å². The summed E-state index contributed by atoms with van der Waals surface area (Å²) in [4.78, 5) is 23.3. The van der Waals surface area contributed by atoms with Gasteiger partial charge >= 0.3 is 5.63 Å². The van der Waals surface area contributed by atoms with Crippen molar-refractivity contribution in [1.82, 2.24) is 0 Å². The summed E-state index contributed by atoms with van der Waals surface area (Å²) in [7, 11) is 0. The number of Topliss-reactive ketones (excluding diaryl/α,β-unsaturated/α-hetero) is 1. The number of aryl methyl sites for hydroxylation is 1. The van der Waals surface area contributed by atoms with Crippen LogP contribution in [0.2, 0.25) is 0 Å². The third-order valence-corrected chi connectivity index (χ3v) is 2.66. The van der Waals surface area contributed by atoms with Gasteiger partial charge in [0.15, 0.2) is 5.78 Å². The zero-order chi connectivity index (χ0) is 14.0. The van der Waals surface area contributed by atoms with E-state index >= 15 is 0 Å². The molecule has 5 nitrogen and oxygen atoms in total. The highest BCUT2D eigenvalue weighted by Crippen LogP contribution is 2.24. The quantitative estimate of drug-likeness (QED) is 0.652. The minimum atomic E-state index is -0.649. The molecule has 0 aliphatic carbocycles. The first-order valence-corrected chi connectivity index (χ1v) is 5.76. The van der Waals surface area contributed by atoms with Gasteiger partial charge in [0.25, 0.3) is 0 Å². The van der Waals surface area contributed by atoms with E-state index in [1.807, 2.05) is 6.07 Å². The van der Waals surface area contributed by atoms with Crippen molar-refractivity contribution in [3.8, 4) is 0 Å². The summed E-state index contributed by atoms with van der Waals surface area (Å²) in [5.41, 5.74) is 6.73. The third-order valence-electron chi connectivity index (χ3n) is 2.66. The Labute approximate surface area is 110 Å². The molecule has 98 valence electrons. The Bertz CT molecular complexity index is 689. The molecule has 3 N–H and O–H groups in total. The van der Waals surface area contributed by atoms with Gasteiger partial charge in [0.1, 0.15) is 11.3 Å².